The van der Waals surface area contributed by atoms with Crippen LogP contribution in [-0.2, 0) is 40.2 Å². The van der Waals surface area contributed by atoms with Crippen LogP contribution >= 0.6 is 11.6 Å². The molecule has 4 aromatic rings. The fourth-order valence-electron chi connectivity index (χ4n) is 4.47. The standard InChI is InChI=1S/C25H26ClN7O6S/c1-30-23-22(24(35)31(2)25(30)36)33(15-27-23)14-21(34)28-18-7-8-19(32-9-11-39-12-10-32)20(13-18)40(37,38)29-17-5-3-16(26)4-6-17/h3-8,13,15,29H,9-12,14H2,1-2H3,(H,28,34). The van der Waals surface area contributed by atoms with Gasteiger partial charge in [0, 0.05) is 43.6 Å². The second-order valence-corrected chi connectivity index (χ2v) is 11.3. The molecule has 2 N–H and O–H groups in total. The molecule has 0 atom stereocenters. The molecule has 1 fully saturated rings. The van der Waals surface area contributed by atoms with E-state index in [1.807, 2.05) is 4.90 Å². The summed E-state index contributed by atoms with van der Waals surface area (Å²) in [6.45, 7) is 1.61. The second-order valence-electron chi connectivity index (χ2n) is 9.19. The number of carbonyl (C=O) groups excluding carboxylic acids is 1. The van der Waals surface area contributed by atoms with E-state index in [1.54, 1.807) is 36.4 Å². The van der Waals surface area contributed by atoms with Crippen LogP contribution in [0.3, 0.4) is 0 Å². The second kappa shape index (κ2) is 10.8. The lowest BCUT2D eigenvalue weighted by Gasteiger charge is -2.30. The van der Waals surface area contributed by atoms with E-state index in [0.29, 0.717) is 42.7 Å². The van der Waals surface area contributed by atoms with Crippen molar-refractivity contribution < 1.29 is 17.9 Å². The molecule has 5 rings (SSSR count). The van der Waals surface area contributed by atoms with Gasteiger partial charge in [-0.3, -0.25) is 23.4 Å². The number of benzene rings is 2. The summed E-state index contributed by atoms with van der Waals surface area (Å²) < 4.78 is 38.5. The van der Waals surface area contributed by atoms with Crippen LogP contribution in [0.4, 0.5) is 17.1 Å². The number of halogens is 1. The van der Waals surface area contributed by atoms with Gasteiger partial charge in [-0.05, 0) is 42.5 Å². The van der Waals surface area contributed by atoms with Crippen LogP contribution in [0.5, 0.6) is 0 Å². The minimum atomic E-state index is -4.08. The number of nitrogens with zero attached hydrogens (tertiary/aromatic N) is 5. The number of aryl methyl sites for hydroxylation is 1. The Morgan fingerprint density at radius 3 is 2.40 bits per heavy atom. The molecule has 2 aromatic carbocycles. The summed E-state index contributed by atoms with van der Waals surface area (Å²) in [7, 11) is -1.25. The van der Waals surface area contributed by atoms with E-state index in [4.69, 9.17) is 16.3 Å². The average Bonchev–Trinajstić information content (AvgIpc) is 3.35. The Bertz CT molecular complexity index is 1820. The number of sulfonamides is 1. The summed E-state index contributed by atoms with van der Waals surface area (Å²) in [5.74, 6) is -0.525. The Morgan fingerprint density at radius 1 is 1.02 bits per heavy atom. The molecule has 15 heteroatoms. The monoisotopic (exact) mass is 587 g/mol. The number of carbonyl (C=O) groups is 1. The third kappa shape index (κ3) is 5.33. The fourth-order valence-corrected chi connectivity index (χ4v) is 5.91. The normalized spacial score (nSPS) is 13.9. The van der Waals surface area contributed by atoms with Gasteiger partial charge in [-0.15, -0.1) is 0 Å². The Labute approximate surface area is 233 Å². The summed E-state index contributed by atoms with van der Waals surface area (Å²) >= 11 is 5.93. The number of morpholine rings is 1. The van der Waals surface area contributed by atoms with Crippen LogP contribution in [0.25, 0.3) is 11.2 Å². The predicted molar refractivity (Wildman–Crippen MR) is 151 cm³/mol. The van der Waals surface area contributed by atoms with E-state index < -0.39 is 27.2 Å². The maximum absolute atomic E-state index is 13.5. The first-order valence-electron chi connectivity index (χ1n) is 12.2. The first-order chi connectivity index (χ1) is 19.0. The SMILES string of the molecule is Cn1c(=O)c2c(ncn2CC(=O)Nc2ccc(N3CCOCC3)c(S(=O)(=O)Nc3ccc(Cl)cc3)c2)n(C)c1=O. The van der Waals surface area contributed by atoms with Crippen molar-refractivity contribution in [2.75, 3.05) is 41.2 Å². The summed E-state index contributed by atoms with van der Waals surface area (Å²) in [4.78, 5) is 43.9. The van der Waals surface area contributed by atoms with Crippen LogP contribution in [0.2, 0.25) is 5.02 Å². The van der Waals surface area contributed by atoms with Gasteiger partial charge in [0.05, 0.1) is 25.2 Å². The molecule has 1 aliphatic rings. The first kappa shape index (κ1) is 27.4. The molecule has 13 nitrogen and oxygen atoms in total. The number of ether oxygens (including phenoxy) is 1. The van der Waals surface area contributed by atoms with Crippen molar-refractivity contribution in [2.45, 2.75) is 11.4 Å². The molecule has 0 saturated carbocycles. The van der Waals surface area contributed by atoms with Crippen LogP contribution in [-0.4, -0.2) is 59.3 Å². The Morgan fingerprint density at radius 2 is 1.70 bits per heavy atom. The molecule has 1 amide bonds. The highest BCUT2D eigenvalue weighted by Crippen LogP contribution is 2.31. The van der Waals surface area contributed by atoms with Crippen molar-refractivity contribution in [1.82, 2.24) is 18.7 Å². The molecule has 0 radical (unpaired) electrons. The topological polar surface area (TPSA) is 150 Å². The zero-order valence-electron chi connectivity index (χ0n) is 21.6. The van der Waals surface area contributed by atoms with Gasteiger partial charge in [-0.2, -0.15) is 0 Å². The van der Waals surface area contributed by atoms with E-state index >= 15 is 0 Å². The van der Waals surface area contributed by atoms with Gasteiger partial charge in [-0.1, -0.05) is 11.6 Å². The number of rotatable bonds is 7. The summed E-state index contributed by atoms with van der Waals surface area (Å²) in [5.41, 5.74) is 0.161. The molecular weight excluding hydrogens is 562 g/mol. The summed E-state index contributed by atoms with van der Waals surface area (Å²) in [6, 6.07) is 10.9. The van der Waals surface area contributed by atoms with Crippen LogP contribution in [0.1, 0.15) is 0 Å². The Balaban J connectivity index is 1.45. The third-order valence-corrected chi connectivity index (χ3v) is 8.17. The first-order valence-corrected chi connectivity index (χ1v) is 14.1. The number of aromatic nitrogens is 4. The Hall–Kier alpha value is -4.14. The number of hydrogen-bond donors (Lipinski definition) is 2. The van der Waals surface area contributed by atoms with Crippen LogP contribution in [0.15, 0.2) is 63.3 Å². The lowest BCUT2D eigenvalue weighted by atomic mass is 10.2. The van der Waals surface area contributed by atoms with Gasteiger partial charge in [0.15, 0.2) is 11.2 Å². The number of fused-ring (bicyclic) bond motifs is 1. The highest BCUT2D eigenvalue weighted by molar-refractivity contribution is 7.92. The van der Waals surface area contributed by atoms with Gasteiger partial charge < -0.3 is 19.5 Å². The van der Waals surface area contributed by atoms with Crippen molar-refractivity contribution in [3.8, 4) is 0 Å². The zero-order chi connectivity index (χ0) is 28.6. The van der Waals surface area contributed by atoms with Gasteiger partial charge in [0.1, 0.15) is 11.4 Å². The van der Waals surface area contributed by atoms with Crippen molar-refractivity contribution in [3.05, 3.63) is 74.7 Å². The molecular formula is C25H26ClN7O6S. The number of hydrogen-bond acceptors (Lipinski definition) is 8. The highest BCUT2D eigenvalue weighted by atomic mass is 35.5. The van der Waals surface area contributed by atoms with E-state index in [0.717, 1.165) is 4.57 Å². The van der Waals surface area contributed by atoms with E-state index in [1.165, 1.54) is 35.6 Å². The zero-order valence-corrected chi connectivity index (χ0v) is 23.2. The molecule has 1 aliphatic heterocycles. The van der Waals surface area contributed by atoms with Crippen LogP contribution in [0, 0.1) is 0 Å². The number of amides is 1. The highest BCUT2D eigenvalue weighted by Gasteiger charge is 2.25. The van der Waals surface area contributed by atoms with Crippen LogP contribution < -0.4 is 26.2 Å². The number of anilines is 3. The summed E-state index contributed by atoms with van der Waals surface area (Å²) in [6.07, 6.45) is 1.30. The Kier molecular flexibility index (Phi) is 7.40. The maximum atomic E-state index is 13.5. The molecule has 0 spiro atoms. The van der Waals surface area contributed by atoms with Crippen molar-refractivity contribution in [2.24, 2.45) is 14.1 Å². The molecule has 1 saturated heterocycles. The lowest BCUT2D eigenvalue weighted by molar-refractivity contribution is -0.116. The van der Waals surface area contributed by atoms with Gasteiger partial charge in [0.25, 0.3) is 15.6 Å². The molecule has 0 bridgehead atoms. The number of nitrogens with one attached hydrogen (secondary N) is 2. The fraction of sp³-hybridized carbons (Fsp3) is 0.280. The lowest BCUT2D eigenvalue weighted by Crippen LogP contribution is -2.38. The predicted octanol–water partition coefficient (Wildman–Crippen LogP) is 1.36. The molecule has 2 aromatic heterocycles. The minimum Gasteiger partial charge on any atom is -0.378 e. The smallest absolute Gasteiger partial charge is 0.332 e. The van der Waals surface area contributed by atoms with Gasteiger partial charge >= 0.3 is 5.69 Å². The van der Waals surface area contributed by atoms with E-state index in [2.05, 4.69) is 15.0 Å². The quantitative estimate of drug-likeness (QED) is 0.329. The van der Waals surface area contributed by atoms with Crippen molar-refractivity contribution in [3.63, 3.8) is 0 Å². The van der Waals surface area contributed by atoms with Crippen molar-refractivity contribution in [1.29, 1.82) is 0 Å². The molecule has 40 heavy (non-hydrogen) atoms. The average molecular weight is 588 g/mol. The molecule has 210 valence electrons. The maximum Gasteiger partial charge on any atom is 0.332 e. The largest absolute Gasteiger partial charge is 0.378 e. The van der Waals surface area contributed by atoms with Gasteiger partial charge in [-0.25, -0.2) is 18.2 Å². The van der Waals surface area contributed by atoms with Crippen molar-refractivity contribution >= 4 is 55.8 Å². The summed E-state index contributed by atoms with van der Waals surface area (Å²) in [5, 5.41) is 3.17. The minimum absolute atomic E-state index is 0.0286. The molecule has 0 aliphatic carbocycles. The molecule has 0 unspecified atom stereocenters. The number of imidazole rings is 1. The molecule has 3 heterocycles. The third-order valence-electron chi connectivity index (χ3n) is 6.51. The van der Waals surface area contributed by atoms with E-state index in [-0.39, 0.29) is 28.3 Å². The van der Waals surface area contributed by atoms with Gasteiger partial charge in [0.2, 0.25) is 5.91 Å². The van der Waals surface area contributed by atoms with E-state index in [9.17, 15) is 22.8 Å².